The Labute approximate surface area is 165 Å². The molecule has 1 amide bonds. The van der Waals surface area contributed by atoms with Crippen LogP contribution in [0.4, 0.5) is 5.69 Å². The standard InChI is InChI=1S/C22H27N3O3/c1-24(16-22(27)28)18-11-13-25(14-12-18)15-21(26)23-20-10-6-5-9-19(20)17-7-3-2-4-8-17/h2-10,18H,11-16H2,1H3,(H,23,26)(H,27,28). The van der Waals surface area contributed by atoms with Crippen molar-refractivity contribution in [1.29, 1.82) is 0 Å². The first kappa shape index (κ1) is 20.0. The van der Waals surface area contributed by atoms with Gasteiger partial charge in [0.05, 0.1) is 13.1 Å². The summed E-state index contributed by atoms with van der Waals surface area (Å²) in [6.45, 7) is 1.99. The number of carbonyl (C=O) groups is 2. The van der Waals surface area contributed by atoms with Crippen molar-refractivity contribution in [2.24, 2.45) is 0 Å². The molecule has 1 heterocycles. The first-order valence-electron chi connectivity index (χ1n) is 9.61. The Kier molecular flexibility index (Phi) is 6.79. The van der Waals surface area contributed by atoms with Crippen molar-refractivity contribution >= 4 is 17.6 Å². The van der Waals surface area contributed by atoms with Gasteiger partial charge in [-0.3, -0.25) is 19.4 Å². The molecule has 1 fully saturated rings. The van der Waals surface area contributed by atoms with Crippen molar-refractivity contribution in [3.05, 3.63) is 54.6 Å². The lowest BCUT2D eigenvalue weighted by atomic mass is 10.0. The molecule has 0 atom stereocenters. The Bertz CT molecular complexity index is 802. The van der Waals surface area contributed by atoms with Crippen LogP contribution >= 0.6 is 0 Å². The molecule has 0 unspecified atom stereocenters. The lowest BCUT2D eigenvalue weighted by Crippen LogP contribution is -2.46. The number of likely N-dealkylation sites (N-methyl/N-ethyl adjacent to an activating group) is 1. The number of carboxylic acid groups (broad SMARTS) is 1. The molecule has 6 nitrogen and oxygen atoms in total. The summed E-state index contributed by atoms with van der Waals surface area (Å²) >= 11 is 0. The van der Waals surface area contributed by atoms with Crippen LogP contribution in [-0.4, -0.2) is 66.1 Å². The number of hydrogen-bond acceptors (Lipinski definition) is 4. The Morgan fingerprint density at radius 3 is 2.39 bits per heavy atom. The van der Waals surface area contributed by atoms with E-state index in [0.717, 1.165) is 42.7 Å². The first-order chi connectivity index (χ1) is 13.5. The van der Waals surface area contributed by atoms with Gasteiger partial charge in [0, 0.05) is 30.4 Å². The maximum Gasteiger partial charge on any atom is 0.317 e. The maximum absolute atomic E-state index is 12.6. The van der Waals surface area contributed by atoms with E-state index in [1.165, 1.54) is 0 Å². The average molecular weight is 381 g/mol. The van der Waals surface area contributed by atoms with Crippen LogP contribution in [0.1, 0.15) is 12.8 Å². The molecule has 2 aromatic rings. The number of benzene rings is 2. The number of amides is 1. The van der Waals surface area contributed by atoms with E-state index in [9.17, 15) is 9.59 Å². The summed E-state index contributed by atoms with van der Waals surface area (Å²) in [5.74, 6) is -0.831. The zero-order valence-electron chi connectivity index (χ0n) is 16.2. The van der Waals surface area contributed by atoms with Gasteiger partial charge >= 0.3 is 5.97 Å². The zero-order chi connectivity index (χ0) is 19.9. The van der Waals surface area contributed by atoms with Crippen LogP contribution in [-0.2, 0) is 9.59 Å². The Morgan fingerprint density at radius 1 is 1.07 bits per heavy atom. The molecular formula is C22H27N3O3. The largest absolute Gasteiger partial charge is 0.480 e. The highest BCUT2D eigenvalue weighted by molar-refractivity contribution is 5.96. The molecule has 2 aromatic carbocycles. The summed E-state index contributed by atoms with van der Waals surface area (Å²) in [7, 11) is 1.85. The minimum absolute atomic E-state index is 0.0271. The van der Waals surface area contributed by atoms with Gasteiger partial charge in [-0.2, -0.15) is 0 Å². The van der Waals surface area contributed by atoms with E-state index in [0.29, 0.717) is 6.54 Å². The van der Waals surface area contributed by atoms with E-state index < -0.39 is 5.97 Å². The second-order valence-corrected chi connectivity index (χ2v) is 7.28. The quantitative estimate of drug-likeness (QED) is 0.772. The Morgan fingerprint density at radius 2 is 1.71 bits per heavy atom. The van der Waals surface area contributed by atoms with Crippen LogP contribution in [0.15, 0.2) is 54.6 Å². The molecule has 0 spiro atoms. The number of nitrogens with one attached hydrogen (secondary N) is 1. The van der Waals surface area contributed by atoms with Gasteiger partial charge in [-0.1, -0.05) is 48.5 Å². The average Bonchev–Trinajstić information content (AvgIpc) is 2.69. The van der Waals surface area contributed by atoms with Gasteiger partial charge in [-0.05, 0) is 31.5 Å². The highest BCUT2D eigenvalue weighted by atomic mass is 16.4. The minimum atomic E-state index is -0.804. The lowest BCUT2D eigenvalue weighted by Gasteiger charge is -2.35. The van der Waals surface area contributed by atoms with Crippen LogP contribution in [0.2, 0.25) is 0 Å². The SMILES string of the molecule is CN(CC(=O)O)C1CCN(CC(=O)Nc2ccccc2-c2ccccc2)CC1. The second-order valence-electron chi connectivity index (χ2n) is 7.28. The summed E-state index contributed by atoms with van der Waals surface area (Å²) in [5.41, 5.74) is 2.89. The molecule has 1 saturated heterocycles. The molecule has 0 radical (unpaired) electrons. The molecule has 148 valence electrons. The smallest absolute Gasteiger partial charge is 0.317 e. The van der Waals surface area contributed by atoms with Gasteiger partial charge in [0.25, 0.3) is 0 Å². The number of aliphatic carboxylic acids is 1. The van der Waals surface area contributed by atoms with Gasteiger partial charge in [0.1, 0.15) is 0 Å². The van der Waals surface area contributed by atoms with Crippen molar-refractivity contribution in [1.82, 2.24) is 9.80 Å². The highest BCUT2D eigenvalue weighted by Crippen LogP contribution is 2.27. The van der Waals surface area contributed by atoms with E-state index in [2.05, 4.69) is 10.2 Å². The van der Waals surface area contributed by atoms with E-state index in [1.807, 2.05) is 66.5 Å². The third-order valence-electron chi connectivity index (χ3n) is 5.22. The van der Waals surface area contributed by atoms with Crippen LogP contribution in [0.3, 0.4) is 0 Å². The van der Waals surface area contributed by atoms with Crippen LogP contribution in [0.5, 0.6) is 0 Å². The molecule has 3 rings (SSSR count). The second kappa shape index (κ2) is 9.48. The van der Waals surface area contributed by atoms with Gasteiger partial charge in [0.2, 0.25) is 5.91 Å². The van der Waals surface area contributed by atoms with E-state index in [4.69, 9.17) is 5.11 Å². The number of anilines is 1. The van der Waals surface area contributed by atoms with Gasteiger partial charge < -0.3 is 10.4 Å². The molecule has 28 heavy (non-hydrogen) atoms. The number of likely N-dealkylation sites (tertiary alicyclic amines) is 1. The van der Waals surface area contributed by atoms with Crippen LogP contribution < -0.4 is 5.32 Å². The first-order valence-corrected chi connectivity index (χ1v) is 9.61. The van der Waals surface area contributed by atoms with Gasteiger partial charge in [-0.25, -0.2) is 0 Å². The number of hydrogen-bond donors (Lipinski definition) is 2. The predicted octanol–water partition coefficient (Wildman–Crippen LogP) is 2.77. The fraction of sp³-hybridized carbons (Fsp3) is 0.364. The molecule has 2 N–H and O–H groups in total. The number of carbonyl (C=O) groups excluding carboxylic acids is 1. The molecule has 6 heteroatoms. The number of rotatable bonds is 7. The highest BCUT2D eigenvalue weighted by Gasteiger charge is 2.24. The predicted molar refractivity (Wildman–Crippen MR) is 110 cm³/mol. The van der Waals surface area contributed by atoms with Crippen LogP contribution in [0.25, 0.3) is 11.1 Å². The number of para-hydroxylation sites is 1. The molecule has 0 saturated carbocycles. The molecule has 0 aliphatic carbocycles. The number of carboxylic acids is 1. The zero-order valence-corrected chi connectivity index (χ0v) is 16.2. The minimum Gasteiger partial charge on any atom is -0.480 e. The Balaban J connectivity index is 1.54. The number of piperidine rings is 1. The van der Waals surface area contributed by atoms with Crippen molar-refractivity contribution in [2.45, 2.75) is 18.9 Å². The summed E-state index contributed by atoms with van der Waals surface area (Å²) in [6, 6.07) is 18.1. The fourth-order valence-electron chi connectivity index (χ4n) is 3.72. The summed E-state index contributed by atoms with van der Waals surface area (Å²) in [5, 5.41) is 12.0. The van der Waals surface area contributed by atoms with Gasteiger partial charge in [-0.15, -0.1) is 0 Å². The third-order valence-corrected chi connectivity index (χ3v) is 5.22. The van der Waals surface area contributed by atoms with Gasteiger partial charge in [0.15, 0.2) is 0 Å². The topological polar surface area (TPSA) is 72.9 Å². The summed E-state index contributed by atoms with van der Waals surface area (Å²) in [6.07, 6.45) is 1.75. The van der Waals surface area contributed by atoms with Crippen molar-refractivity contribution in [3.63, 3.8) is 0 Å². The van der Waals surface area contributed by atoms with E-state index in [1.54, 1.807) is 0 Å². The Hall–Kier alpha value is -2.70. The molecule has 1 aliphatic heterocycles. The normalized spacial score (nSPS) is 15.5. The molecule has 1 aliphatic rings. The van der Waals surface area contributed by atoms with Crippen LogP contribution in [0, 0.1) is 0 Å². The monoisotopic (exact) mass is 381 g/mol. The number of nitrogens with zero attached hydrogens (tertiary/aromatic N) is 2. The van der Waals surface area contributed by atoms with E-state index in [-0.39, 0.29) is 18.5 Å². The summed E-state index contributed by atoms with van der Waals surface area (Å²) < 4.78 is 0. The lowest BCUT2D eigenvalue weighted by molar-refractivity contribution is -0.138. The van der Waals surface area contributed by atoms with Crippen molar-refractivity contribution < 1.29 is 14.7 Å². The van der Waals surface area contributed by atoms with Crippen molar-refractivity contribution in [3.8, 4) is 11.1 Å². The maximum atomic E-state index is 12.6. The summed E-state index contributed by atoms with van der Waals surface area (Å²) in [4.78, 5) is 27.5. The molecule has 0 bridgehead atoms. The third kappa shape index (κ3) is 5.41. The van der Waals surface area contributed by atoms with E-state index >= 15 is 0 Å². The van der Waals surface area contributed by atoms with Crippen molar-refractivity contribution in [2.75, 3.05) is 38.5 Å². The fourth-order valence-corrected chi connectivity index (χ4v) is 3.72. The molecular weight excluding hydrogens is 354 g/mol. The molecule has 0 aromatic heterocycles.